The van der Waals surface area contributed by atoms with Crippen molar-refractivity contribution in [1.29, 1.82) is 0 Å². The molecule has 0 radical (unpaired) electrons. The molecule has 0 amide bonds. The van der Waals surface area contributed by atoms with E-state index in [0.29, 0.717) is 30.8 Å². The van der Waals surface area contributed by atoms with Crippen molar-refractivity contribution in [3.8, 4) is 11.5 Å². The third-order valence-electron chi connectivity index (χ3n) is 4.95. The average molecular weight is 455 g/mol. The van der Waals surface area contributed by atoms with Crippen LogP contribution < -0.4 is 18.5 Å². The molecule has 0 spiro atoms. The zero-order chi connectivity index (χ0) is 21.8. The van der Waals surface area contributed by atoms with E-state index in [-0.39, 0.29) is 22.9 Å². The lowest BCUT2D eigenvalue weighted by atomic mass is 10.1. The van der Waals surface area contributed by atoms with E-state index >= 15 is 0 Å². The summed E-state index contributed by atoms with van der Waals surface area (Å²) in [5.41, 5.74) is 1.20. The molecule has 8 nitrogen and oxygen atoms in total. The fourth-order valence-corrected chi connectivity index (χ4v) is 6.27. The number of sulfonamides is 2. The van der Waals surface area contributed by atoms with Crippen LogP contribution in [0.25, 0.3) is 0 Å². The highest BCUT2D eigenvalue weighted by Crippen LogP contribution is 2.31. The maximum absolute atomic E-state index is 13.0. The predicted molar refractivity (Wildman–Crippen MR) is 115 cm³/mol. The molecular weight excluding hydrogens is 428 g/mol. The topological polar surface area (TPSA) is 102 Å². The minimum Gasteiger partial charge on any atom is -0.496 e. The van der Waals surface area contributed by atoms with Crippen LogP contribution >= 0.6 is 0 Å². The van der Waals surface area contributed by atoms with E-state index < -0.39 is 20.0 Å². The van der Waals surface area contributed by atoms with Gasteiger partial charge < -0.3 is 9.47 Å². The highest BCUT2D eigenvalue weighted by atomic mass is 32.2. The number of methoxy groups -OCH3 is 2. The maximum Gasteiger partial charge on any atom is 0.244 e. The Balaban J connectivity index is 1.83. The Labute approximate surface area is 177 Å². The van der Waals surface area contributed by atoms with Gasteiger partial charge in [-0.15, -0.1) is 0 Å². The average Bonchev–Trinajstić information content (AvgIpc) is 2.73. The minimum atomic E-state index is -3.93. The zero-order valence-electron chi connectivity index (χ0n) is 17.0. The van der Waals surface area contributed by atoms with Crippen LogP contribution in [-0.2, 0) is 26.5 Å². The van der Waals surface area contributed by atoms with Gasteiger partial charge in [0.15, 0.2) is 0 Å². The van der Waals surface area contributed by atoms with Crippen LogP contribution in [0.15, 0.2) is 47.4 Å². The van der Waals surface area contributed by atoms with Crippen molar-refractivity contribution in [3.05, 3.63) is 48.0 Å². The minimum absolute atomic E-state index is 0.0538. The number of benzene rings is 2. The lowest BCUT2D eigenvalue weighted by Crippen LogP contribution is -2.38. The van der Waals surface area contributed by atoms with Crippen molar-refractivity contribution < 1.29 is 26.3 Å². The summed E-state index contributed by atoms with van der Waals surface area (Å²) in [6.45, 7) is 0.480. The third-order valence-corrected chi connectivity index (χ3v) is 8.30. The summed E-state index contributed by atoms with van der Waals surface area (Å²) in [6.07, 6.45) is 1.76. The van der Waals surface area contributed by atoms with Crippen molar-refractivity contribution in [3.63, 3.8) is 0 Å². The van der Waals surface area contributed by atoms with E-state index in [0.717, 1.165) is 12.0 Å². The van der Waals surface area contributed by atoms with E-state index in [9.17, 15) is 16.8 Å². The van der Waals surface area contributed by atoms with E-state index in [4.69, 9.17) is 9.47 Å². The number of rotatable bonds is 8. The number of nitrogens with zero attached hydrogens (tertiary/aromatic N) is 1. The molecule has 1 N–H and O–H groups in total. The summed E-state index contributed by atoms with van der Waals surface area (Å²) in [6, 6.07) is 11.8. The molecule has 10 heteroatoms. The molecule has 1 heterocycles. The van der Waals surface area contributed by atoms with Gasteiger partial charge in [-0.1, -0.05) is 18.2 Å². The van der Waals surface area contributed by atoms with Crippen LogP contribution in [0, 0.1) is 0 Å². The third kappa shape index (κ3) is 4.88. The maximum atomic E-state index is 13.0. The smallest absolute Gasteiger partial charge is 0.244 e. The van der Waals surface area contributed by atoms with Crippen molar-refractivity contribution >= 4 is 25.7 Å². The molecular formula is C20H26N2O6S2. The molecule has 0 atom stereocenters. The standard InChI is InChI=1S/C20H26N2O6S2/c1-27-18-8-4-3-7-16(18)11-12-21-30(25,26)20-15-17(9-10-19(20)28-2)22-13-5-6-14-29(22,23)24/h3-4,7-10,15,21H,5-6,11-14H2,1-2H3. The summed E-state index contributed by atoms with van der Waals surface area (Å²) >= 11 is 0. The van der Waals surface area contributed by atoms with Crippen molar-refractivity contribution in [2.24, 2.45) is 0 Å². The van der Waals surface area contributed by atoms with E-state index in [1.54, 1.807) is 13.2 Å². The molecule has 1 saturated heterocycles. The van der Waals surface area contributed by atoms with Gasteiger partial charge in [-0.05, 0) is 49.1 Å². The number of anilines is 1. The number of nitrogens with one attached hydrogen (secondary N) is 1. The SMILES string of the molecule is COc1ccccc1CCNS(=O)(=O)c1cc(N2CCCCS2(=O)=O)ccc1OC. The van der Waals surface area contributed by atoms with E-state index in [1.807, 2.05) is 24.3 Å². The van der Waals surface area contributed by atoms with Gasteiger partial charge in [-0.3, -0.25) is 4.31 Å². The van der Waals surface area contributed by atoms with Crippen molar-refractivity contribution in [2.45, 2.75) is 24.2 Å². The molecule has 164 valence electrons. The first-order valence-corrected chi connectivity index (χ1v) is 12.7. The molecule has 0 unspecified atom stereocenters. The van der Waals surface area contributed by atoms with Gasteiger partial charge in [0.2, 0.25) is 20.0 Å². The molecule has 0 aromatic heterocycles. The molecule has 3 rings (SSSR count). The summed E-state index contributed by atoms with van der Waals surface area (Å²) in [5, 5.41) is 0. The van der Waals surface area contributed by atoms with Crippen LogP contribution in [0.1, 0.15) is 18.4 Å². The number of para-hydroxylation sites is 1. The summed E-state index contributed by atoms with van der Waals surface area (Å²) in [5.74, 6) is 0.891. The fraction of sp³-hybridized carbons (Fsp3) is 0.400. The lowest BCUT2D eigenvalue weighted by molar-refractivity contribution is 0.402. The van der Waals surface area contributed by atoms with Crippen LogP contribution in [0.3, 0.4) is 0 Å². The molecule has 2 aromatic rings. The monoisotopic (exact) mass is 454 g/mol. The van der Waals surface area contributed by atoms with Gasteiger partial charge in [0, 0.05) is 13.1 Å². The first kappa shape index (κ1) is 22.4. The van der Waals surface area contributed by atoms with Crippen molar-refractivity contribution in [2.75, 3.05) is 37.4 Å². The van der Waals surface area contributed by atoms with Gasteiger partial charge in [0.05, 0.1) is 25.7 Å². The Morgan fingerprint density at radius 1 is 1.03 bits per heavy atom. The van der Waals surface area contributed by atoms with Gasteiger partial charge in [-0.2, -0.15) is 0 Å². The first-order chi connectivity index (χ1) is 14.3. The number of ether oxygens (including phenoxy) is 2. The van der Waals surface area contributed by atoms with Crippen LogP contribution in [0.5, 0.6) is 11.5 Å². The highest BCUT2D eigenvalue weighted by Gasteiger charge is 2.28. The molecule has 0 aliphatic carbocycles. The predicted octanol–water partition coefficient (Wildman–Crippen LogP) is 2.15. The normalized spacial score (nSPS) is 16.3. The van der Waals surface area contributed by atoms with Crippen LogP contribution in [-0.4, -0.2) is 49.9 Å². The van der Waals surface area contributed by atoms with Gasteiger partial charge in [0.25, 0.3) is 0 Å². The lowest BCUT2D eigenvalue weighted by Gasteiger charge is -2.28. The second-order valence-corrected chi connectivity index (χ2v) is 10.6. The second-order valence-electron chi connectivity index (χ2n) is 6.89. The molecule has 0 bridgehead atoms. The van der Waals surface area contributed by atoms with Gasteiger partial charge in [0.1, 0.15) is 16.4 Å². The Hall–Kier alpha value is -2.30. The Morgan fingerprint density at radius 3 is 2.47 bits per heavy atom. The first-order valence-electron chi connectivity index (χ1n) is 9.58. The summed E-state index contributed by atoms with van der Waals surface area (Å²) < 4.78 is 65.1. The second kappa shape index (κ2) is 9.23. The zero-order valence-corrected chi connectivity index (χ0v) is 18.6. The van der Waals surface area contributed by atoms with Crippen LogP contribution in [0.4, 0.5) is 5.69 Å². The Morgan fingerprint density at radius 2 is 1.77 bits per heavy atom. The highest BCUT2D eigenvalue weighted by molar-refractivity contribution is 7.92. The molecule has 1 aliphatic heterocycles. The largest absolute Gasteiger partial charge is 0.496 e. The van der Waals surface area contributed by atoms with E-state index in [2.05, 4.69) is 4.72 Å². The van der Waals surface area contributed by atoms with Crippen molar-refractivity contribution in [1.82, 2.24) is 4.72 Å². The molecule has 2 aromatic carbocycles. The van der Waals surface area contributed by atoms with Gasteiger partial charge >= 0.3 is 0 Å². The number of hydrogen-bond donors (Lipinski definition) is 1. The molecule has 1 fully saturated rings. The van der Waals surface area contributed by atoms with E-state index in [1.165, 1.54) is 23.5 Å². The van der Waals surface area contributed by atoms with Crippen LogP contribution in [0.2, 0.25) is 0 Å². The molecule has 0 saturated carbocycles. The summed E-state index contributed by atoms with van der Waals surface area (Å²) in [4.78, 5) is -0.0942. The fourth-order valence-electron chi connectivity index (χ4n) is 3.42. The summed E-state index contributed by atoms with van der Waals surface area (Å²) in [7, 11) is -4.45. The number of hydrogen-bond acceptors (Lipinski definition) is 6. The molecule has 1 aliphatic rings. The Kier molecular flexibility index (Phi) is 6.89. The van der Waals surface area contributed by atoms with Gasteiger partial charge in [-0.25, -0.2) is 21.6 Å². The molecule has 30 heavy (non-hydrogen) atoms. The Bertz CT molecular complexity index is 1100. The quantitative estimate of drug-likeness (QED) is 0.656.